The highest BCUT2D eigenvalue weighted by atomic mass is 16.6. The number of Topliss-reactive ketones (excluding diaryl/α,β-unsaturated/α-hetero) is 1. The van der Waals surface area contributed by atoms with Crippen LogP contribution in [0.15, 0.2) is 60.8 Å². The van der Waals surface area contributed by atoms with Crippen LogP contribution in [0.4, 0.5) is 5.69 Å². The zero-order chi connectivity index (χ0) is 22.9. The molecule has 0 unspecified atom stereocenters. The highest BCUT2D eigenvalue weighted by Crippen LogP contribution is 2.23. The zero-order valence-electron chi connectivity index (χ0n) is 17.9. The first kappa shape index (κ1) is 22.9. The van der Waals surface area contributed by atoms with Gasteiger partial charge in [0.05, 0.1) is 22.9 Å². The molecule has 0 saturated carbocycles. The highest BCUT2D eigenvalue weighted by Gasteiger charge is 2.20. The Morgan fingerprint density at radius 3 is 2.59 bits per heavy atom. The van der Waals surface area contributed by atoms with Gasteiger partial charge < -0.3 is 15.1 Å². The average Bonchev–Trinajstić information content (AvgIpc) is 3.28. The van der Waals surface area contributed by atoms with Gasteiger partial charge in [-0.1, -0.05) is 49.2 Å². The molecule has 3 rings (SSSR count). The van der Waals surface area contributed by atoms with Crippen molar-refractivity contribution < 1.29 is 14.5 Å². The van der Waals surface area contributed by atoms with Crippen LogP contribution in [0.2, 0.25) is 0 Å². The van der Waals surface area contributed by atoms with E-state index in [2.05, 4.69) is 15.3 Å². The van der Waals surface area contributed by atoms with E-state index >= 15 is 0 Å². The van der Waals surface area contributed by atoms with Gasteiger partial charge in [0, 0.05) is 24.1 Å². The number of non-ortho nitro benzene ring substituents is 1. The largest absolute Gasteiger partial charge is 0.342 e. The second-order valence-electron chi connectivity index (χ2n) is 7.68. The van der Waals surface area contributed by atoms with Crippen molar-refractivity contribution in [3.05, 3.63) is 82.3 Å². The molecule has 166 valence electrons. The van der Waals surface area contributed by atoms with Gasteiger partial charge in [-0.15, -0.1) is 0 Å². The van der Waals surface area contributed by atoms with Crippen LogP contribution in [0, 0.1) is 10.1 Å². The van der Waals surface area contributed by atoms with E-state index < -0.39 is 16.9 Å². The second kappa shape index (κ2) is 11.0. The molecule has 2 N–H and O–H groups in total. The van der Waals surface area contributed by atoms with Gasteiger partial charge in [0.15, 0.2) is 0 Å². The number of nitro benzene ring substituents is 1. The van der Waals surface area contributed by atoms with Crippen LogP contribution in [-0.2, 0) is 4.79 Å². The fourth-order valence-corrected chi connectivity index (χ4v) is 3.46. The van der Waals surface area contributed by atoms with Gasteiger partial charge in [-0.3, -0.25) is 14.9 Å². The third-order valence-electron chi connectivity index (χ3n) is 5.16. The van der Waals surface area contributed by atoms with Gasteiger partial charge in [0.1, 0.15) is 11.6 Å². The van der Waals surface area contributed by atoms with Crippen molar-refractivity contribution in [2.45, 2.75) is 45.1 Å². The molecule has 0 spiro atoms. The molecule has 8 heteroatoms. The summed E-state index contributed by atoms with van der Waals surface area (Å²) in [5.41, 5.74) is 1.90. The van der Waals surface area contributed by atoms with E-state index in [4.69, 9.17) is 0 Å². The Kier molecular flexibility index (Phi) is 7.85. The molecule has 0 radical (unpaired) electrons. The van der Waals surface area contributed by atoms with E-state index in [1.54, 1.807) is 19.2 Å². The van der Waals surface area contributed by atoms with Crippen LogP contribution in [0.1, 0.15) is 61.3 Å². The molecule has 2 aromatic carbocycles. The molecule has 1 aromatic heterocycles. The van der Waals surface area contributed by atoms with Gasteiger partial charge in [0.25, 0.3) is 11.6 Å². The first-order valence-corrected chi connectivity index (χ1v) is 10.6. The van der Waals surface area contributed by atoms with Crippen molar-refractivity contribution >= 4 is 17.4 Å². The van der Waals surface area contributed by atoms with Gasteiger partial charge in [0.2, 0.25) is 0 Å². The summed E-state index contributed by atoms with van der Waals surface area (Å²) in [7, 11) is 0. The number of nitro groups is 1. The van der Waals surface area contributed by atoms with Gasteiger partial charge >= 0.3 is 0 Å². The van der Waals surface area contributed by atoms with E-state index in [0.717, 1.165) is 30.5 Å². The Hall–Kier alpha value is -3.81. The molecule has 0 fully saturated rings. The van der Waals surface area contributed by atoms with Crippen LogP contribution in [0.3, 0.4) is 0 Å². The lowest BCUT2D eigenvalue weighted by Gasteiger charge is -2.17. The number of aromatic nitrogens is 2. The number of unbranched alkanes of at least 4 members (excludes halogenated alkanes) is 2. The number of ketones is 1. The number of nitrogens with one attached hydrogen (secondary N) is 2. The van der Waals surface area contributed by atoms with Crippen molar-refractivity contribution in [1.82, 2.24) is 15.3 Å². The summed E-state index contributed by atoms with van der Waals surface area (Å²) < 4.78 is 0. The lowest BCUT2D eigenvalue weighted by Crippen LogP contribution is -2.29. The Balaban J connectivity index is 1.75. The van der Waals surface area contributed by atoms with E-state index in [1.807, 2.05) is 30.3 Å². The lowest BCUT2D eigenvalue weighted by atomic mass is 10.0. The van der Waals surface area contributed by atoms with Crippen molar-refractivity contribution in [3.8, 4) is 11.3 Å². The monoisotopic (exact) mass is 434 g/mol. The summed E-state index contributed by atoms with van der Waals surface area (Å²) in [6, 6.07) is 15.0. The number of hydrogen-bond acceptors (Lipinski definition) is 5. The minimum atomic E-state index is -0.526. The Morgan fingerprint density at radius 1 is 1.09 bits per heavy atom. The van der Waals surface area contributed by atoms with Gasteiger partial charge in [-0.25, -0.2) is 4.98 Å². The number of rotatable bonds is 11. The Morgan fingerprint density at radius 2 is 1.88 bits per heavy atom. The number of aromatic amines is 1. The highest BCUT2D eigenvalue weighted by molar-refractivity contribution is 5.95. The number of hydrogen-bond donors (Lipinski definition) is 2. The zero-order valence-corrected chi connectivity index (χ0v) is 17.9. The summed E-state index contributed by atoms with van der Waals surface area (Å²) in [4.78, 5) is 42.3. The molecule has 0 aliphatic heterocycles. The molecule has 32 heavy (non-hydrogen) atoms. The van der Waals surface area contributed by atoms with Gasteiger partial charge in [-0.05, 0) is 31.4 Å². The number of benzene rings is 2. The maximum absolute atomic E-state index is 12.8. The van der Waals surface area contributed by atoms with E-state index in [0.29, 0.717) is 18.7 Å². The maximum atomic E-state index is 12.8. The minimum absolute atomic E-state index is 0.136. The van der Waals surface area contributed by atoms with E-state index in [9.17, 15) is 19.7 Å². The number of carbonyl (C=O) groups excluding carboxylic acids is 2. The number of imidazole rings is 1. The van der Waals surface area contributed by atoms with Crippen LogP contribution < -0.4 is 5.32 Å². The molecule has 1 atom stereocenters. The van der Waals surface area contributed by atoms with E-state index in [1.165, 1.54) is 18.2 Å². The maximum Gasteiger partial charge on any atom is 0.270 e. The molecule has 0 aliphatic rings. The summed E-state index contributed by atoms with van der Waals surface area (Å²) in [5, 5.41) is 14.0. The van der Waals surface area contributed by atoms with Crippen molar-refractivity contribution in [2.24, 2.45) is 0 Å². The van der Waals surface area contributed by atoms with Crippen LogP contribution in [0.25, 0.3) is 11.3 Å². The predicted molar refractivity (Wildman–Crippen MR) is 121 cm³/mol. The molecular weight excluding hydrogens is 408 g/mol. The SMILES string of the molecule is CC(=O)CCCCC[C@H](NC(=O)c1cccc([N+](=O)[O-])c1)c1ncc(-c2ccccc2)[nH]1. The first-order valence-electron chi connectivity index (χ1n) is 10.6. The van der Waals surface area contributed by atoms with Crippen molar-refractivity contribution in [2.75, 3.05) is 0 Å². The molecule has 0 aliphatic carbocycles. The quantitative estimate of drug-likeness (QED) is 0.250. The summed E-state index contributed by atoms with van der Waals surface area (Å²) >= 11 is 0. The topological polar surface area (TPSA) is 118 Å². The van der Waals surface area contributed by atoms with Crippen molar-refractivity contribution in [1.29, 1.82) is 0 Å². The van der Waals surface area contributed by atoms with E-state index in [-0.39, 0.29) is 17.0 Å². The number of amides is 1. The molecule has 3 aromatic rings. The van der Waals surface area contributed by atoms with Crippen LogP contribution in [0.5, 0.6) is 0 Å². The van der Waals surface area contributed by atoms with Crippen LogP contribution in [-0.4, -0.2) is 26.6 Å². The summed E-state index contributed by atoms with van der Waals surface area (Å²) in [6.45, 7) is 1.58. The predicted octanol–water partition coefficient (Wildman–Crippen LogP) is 5.00. The molecule has 1 heterocycles. The number of H-pyrrole nitrogens is 1. The molecule has 0 bridgehead atoms. The van der Waals surface area contributed by atoms with Gasteiger partial charge in [-0.2, -0.15) is 0 Å². The normalized spacial score (nSPS) is 11.7. The standard InChI is InChI=1S/C24H26N4O4/c1-17(29)9-4-2-7-14-21(23-25-16-22(26-23)18-10-5-3-6-11-18)27-24(30)19-12-8-13-20(15-19)28(31)32/h3,5-6,8,10-13,15-16,21H,2,4,7,9,14H2,1H3,(H,25,26)(H,27,30)/t21-/m0/s1. The molecule has 1 amide bonds. The van der Waals surface area contributed by atoms with Crippen molar-refractivity contribution in [3.63, 3.8) is 0 Å². The fraction of sp³-hybridized carbons (Fsp3) is 0.292. The Labute approximate surface area is 186 Å². The summed E-state index contributed by atoms with van der Waals surface area (Å²) in [6.07, 6.45) is 5.36. The number of carbonyl (C=O) groups is 2. The van der Waals surface area contributed by atoms with Crippen LogP contribution >= 0.6 is 0 Å². The average molecular weight is 434 g/mol. The fourth-order valence-electron chi connectivity index (χ4n) is 3.46. The molecular formula is C24H26N4O4. The third kappa shape index (κ3) is 6.34. The smallest absolute Gasteiger partial charge is 0.270 e. The number of nitrogens with zero attached hydrogens (tertiary/aromatic N) is 2. The minimum Gasteiger partial charge on any atom is -0.342 e. The molecule has 8 nitrogen and oxygen atoms in total. The Bertz CT molecular complexity index is 1080. The molecule has 0 saturated heterocycles. The second-order valence-corrected chi connectivity index (χ2v) is 7.68. The first-order chi connectivity index (χ1) is 15.4. The third-order valence-corrected chi connectivity index (χ3v) is 5.16. The lowest BCUT2D eigenvalue weighted by molar-refractivity contribution is -0.384. The summed E-state index contributed by atoms with van der Waals surface area (Å²) in [5.74, 6) is 0.383.